The Labute approximate surface area is 154 Å². The topological polar surface area (TPSA) is 83.0 Å². The molecule has 0 fully saturated rings. The number of fused-ring (bicyclic) bond motifs is 2. The zero-order valence-electron chi connectivity index (χ0n) is 13.9. The van der Waals surface area contributed by atoms with E-state index in [1.807, 2.05) is 42.5 Å². The highest BCUT2D eigenvalue weighted by molar-refractivity contribution is 6.31. The molecule has 6 nitrogen and oxygen atoms in total. The number of ether oxygens (including phenoxy) is 1. The van der Waals surface area contributed by atoms with Crippen molar-refractivity contribution in [2.75, 3.05) is 12.8 Å². The van der Waals surface area contributed by atoms with E-state index < -0.39 is 5.97 Å². The Morgan fingerprint density at radius 3 is 2.46 bits per heavy atom. The Morgan fingerprint density at radius 2 is 1.77 bits per heavy atom. The van der Waals surface area contributed by atoms with Crippen molar-refractivity contribution in [3.63, 3.8) is 0 Å². The number of para-hydroxylation sites is 2. The Morgan fingerprint density at radius 1 is 1.12 bits per heavy atom. The highest BCUT2D eigenvalue weighted by Crippen LogP contribution is 2.30. The average molecular weight is 367 g/mol. The molecule has 0 aliphatic carbocycles. The number of benzene rings is 2. The minimum atomic E-state index is -0.546. The molecule has 2 aromatic carbocycles. The molecule has 0 atom stereocenters. The molecule has 0 bridgehead atoms. The standard InChI is InChI=1S/C19H15ClN4O2/c1-26-19(25)15-16-18(23-14-9-5-4-8-13(14)22-16)24(17(15)21)10-11-6-2-3-7-12(11)20/h2-9H,10,21H2,1H3. The summed E-state index contributed by atoms with van der Waals surface area (Å²) in [5.74, 6) is -0.294. The fourth-order valence-corrected chi connectivity index (χ4v) is 3.17. The second-order valence-corrected chi connectivity index (χ2v) is 6.22. The van der Waals surface area contributed by atoms with Gasteiger partial charge in [0.15, 0.2) is 5.65 Å². The van der Waals surface area contributed by atoms with E-state index in [4.69, 9.17) is 22.1 Å². The number of hydrogen-bond donors (Lipinski definition) is 1. The van der Waals surface area contributed by atoms with E-state index in [1.165, 1.54) is 7.11 Å². The van der Waals surface area contributed by atoms with Crippen molar-refractivity contribution in [1.29, 1.82) is 0 Å². The number of aromatic nitrogens is 3. The van der Waals surface area contributed by atoms with E-state index in [2.05, 4.69) is 9.97 Å². The van der Waals surface area contributed by atoms with Crippen LogP contribution in [0.25, 0.3) is 22.2 Å². The smallest absolute Gasteiger partial charge is 0.343 e. The number of rotatable bonds is 3. The van der Waals surface area contributed by atoms with Crippen molar-refractivity contribution >= 4 is 45.6 Å². The minimum Gasteiger partial charge on any atom is -0.465 e. The molecule has 2 aromatic heterocycles. The molecule has 130 valence electrons. The van der Waals surface area contributed by atoms with Gasteiger partial charge in [0.05, 0.1) is 24.7 Å². The normalized spacial score (nSPS) is 11.2. The first-order chi connectivity index (χ1) is 12.6. The summed E-state index contributed by atoms with van der Waals surface area (Å²) in [6.45, 7) is 0.367. The van der Waals surface area contributed by atoms with Gasteiger partial charge in [-0.05, 0) is 23.8 Å². The van der Waals surface area contributed by atoms with Crippen molar-refractivity contribution in [2.24, 2.45) is 0 Å². The third-order valence-corrected chi connectivity index (χ3v) is 4.64. The van der Waals surface area contributed by atoms with Crippen molar-refractivity contribution in [1.82, 2.24) is 14.5 Å². The van der Waals surface area contributed by atoms with Crippen LogP contribution in [0.5, 0.6) is 0 Å². The highest BCUT2D eigenvalue weighted by Gasteiger charge is 2.24. The third kappa shape index (κ3) is 2.55. The van der Waals surface area contributed by atoms with E-state index in [9.17, 15) is 4.79 Å². The second kappa shape index (κ2) is 6.31. The summed E-state index contributed by atoms with van der Waals surface area (Å²) in [4.78, 5) is 21.6. The van der Waals surface area contributed by atoms with Gasteiger partial charge in [0, 0.05) is 5.02 Å². The van der Waals surface area contributed by atoms with Gasteiger partial charge < -0.3 is 15.0 Å². The molecule has 7 heteroatoms. The SMILES string of the molecule is COC(=O)c1c(N)n(Cc2ccccc2Cl)c2nc3ccccc3nc12. The molecule has 0 amide bonds. The van der Waals surface area contributed by atoms with Gasteiger partial charge in [-0.2, -0.15) is 0 Å². The third-order valence-electron chi connectivity index (χ3n) is 4.27. The van der Waals surface area contributed by atoms with Crippen LogP contribution in [0.1, 0.15) is 15.9 Å². The van der Waals surface area contributed by atoms with Crippen LogP contribution in [-0.4, -0.2) is 27.6 Å². The van der Waals surface area contributed by atoms with E-state index in [0.717, 1.165) is 5.56 Å². The number of hydrogen-bond acceptors (Lipinski definition) is 5. The summed E-state index contributed by atoms with van der Waals surface area (Å²) in [5, 5.41) is 0.613. The van der Waals surface area contributed by atoms with Gasteiger partial charge in [-0.25, -0.2) is 14.8 Å². The Bertz CT molecular complexity index is 1150. The lowest BCUT2D eigenvalue weighted by atomic mass is 10.2. The number of methoxy groups -OCH3 is 1. The van der Waals surface area contributed by atoms with E-state index in [-0.39, 0.29) is 11.4 Å². The van der Waals surface area contributed by atoms with Crippen molar-refractivity contribution in [3.8, 4) is 0 Å². The van der Waals surface area contributed by atoms with Crippen molar-refractivity contribution in [3.05, 3.63) is 64.7 Å². The summed E-state index contributed by atoms with van der Waals surface area (Å²) in [7, 11) is 1.31. The lowest BCUT2D eigenvalue weighted by Crippen LogP contribution is -2.09. The second-order valence-electron chi connectivity index (χ2n) is 5.81. The molecule has 0 saturated heterocycles. The van der Waals surface area contributed by atoms with E-state index in [0.29, 0.717) is 33.8 Å². The predicted octanol–water partition coefficient (Wildman–Crippen LogP) is 3.66. The molecule has 2 heterocycles. The van der Waals surface area contributed by atoms with Crippen molar-refractivity contribution in [2.45, 2.75) is 6.54 Å². The first-order valence-corrected chi connectivity index (χ1v) is 8.34. The van der Waals surface area contributed by atoms with Crippen LogP contribution in [0.4, 0.5) is 5.82 Å². The van der Waals surface area contributed by atoms with Crippen LogP contribution >= 0.6 is 11.6 Å². The van der Waals surface area contributed by atoms with Crippen LogP contribution in [0, 0.1) is 0 Å². The minimum absolute atomic E-state index is 0.216. The van der Waals surface area contributed by atoms with Gasteiger partial charge >= 0.3 is 5.97 Å². The molecule has 0 radical (unpaired) electrons. The number of carbonyl (C=O) groups excluding carboxylic acids is 1. The fraction of sp³-hybridized carbons (Fsp3) is 0.105. The molecule has 0 aliphatic heterocycles. The average Bonchev–Trinajstić information content (AvgIpc) is 2.92. The van der Waals surface area contributed by atoms with Crippen LogP contribution in [0.2, 0.25) is 5.02 Å². The largest absolute Gasteiger partial charge is 0.465 e. The first-order valence-electron chi connectivity index (χ1n) is 7.96. The number of esters is 1. The highest BCUT2D eigenvalue weighted by atomic mass is 35.5. The zero-order valence-corrected chi connectivity index (χ0v) is 14.7. The molecule has 26 heavy (non-hydrogen) atoms. The Hall–Kier alpha value is -3.12. The maximum absolute atomic E-state index is 12.3. The molecule has 0 spiro atoms. The molecular formula is C19H15ClN4O2. The number of halogens is 1. The number of nitrogens with zero attached hydrogens (tertiary/aromatic N) is 3. The van der Waals surface area contributed by atoms with Crippen LogP contribution in [-0.2, 0) is 11.3 Å². The van der Waals surface area contributed by atoms with Crippen LogP contribution in [0.3, 0.4) is 0 Å². The van der Waals surface area contributed by atoms with E-state index in [1.54, 1.807) is 10.6 Å². The maximum atomic E-state index is 12.3. The summed E-state index contributed by atoms with van der Waals surface area (Å²) in [6.07, 6.45) is 0. The molecule has 4 rings (SSSR count). The molecule has 0 saturated carbocycles. The zero-order chi connectivity index (χ0) is 18.3. The summed E-state index contributed by atoms with van der Waals surface area (Å²) >= 11 is 6.29. The lowest BCUT2D eigenvalue weighted by Gasteiger charge is -2.09. The van der Waals surface area contributed by atoms with Gasteiger partial charge in [0.2, 0.25) is 0 Å². The lowest BCUT2D eigenvalue weighted by molar-refractivity contribution is 0.0604. The summed E-state index contributed by atoms with van der Waals surface area (Å²) in [5.41, 5.74) is 9.70. The van der Waals surface area contributed by atoms with E-state index >= 15 is 0 Å². The molecule has 0 aliphatic rings. The van der Waals surface area contributed by atoms with Gasteiger partial charge in [0.1, 0.15) is 16.9 Å². The van der Waals surface area contributed by atoms with Crippen LogP contribution in [0.15, 0.2) is 48.5 Å². The monoisotopic (exact) mass is 366 g/mol. The van der Waals surface area contributed by atoms with Crippen molar-refractivity contribution < 1.29 is 9.53 Å². The quantitative estimate of drug-likeness (QED) is 0.559. The Kier molecular flexibility index (Phi) is 3.97. The molecule has 0 unspecified atom stereocenters. The van der Waals surface area contributed by atoms with Gasteiger partial charge in [-0.1, -0.05) is 41.9 Å². The number of anilines is 1. The molecule has 2 N–H and O–H groups in total. The van der Waals surface area contributed by atoms with Gasteiger partial charge in [0.25, 0.3) is 0 Å². The van der Waals surface area contributed by atoms with Crippen LogP contribution < -0.4 is 5.73 Å². The summed E-state index contributed by atoms with van der Waals surface area (Å²) in [6, 6.07) is 14.9. The van der Waals surface area contributed by atoms with Gasteiger partial charge in [-0.3, -0.25) is 0 Å². The number of nitrogens with two attached hydrogens (primary N) is 1. The Balaban J connectivity index is 2.02. The summed E-state index contributed by atoms with van der Waals surface area (Å²) < 4.78 is 6.64. The predicted molar refractivity (Wildman–Crippen MR) is 101 cm³/mol. The maximum Gasteiger partial charge on any atom is 0.343 e. The number of carbonyl (C=O) groups is 1. The molecule has 4 aromatic rings. The first kappa shape index (κ1) is 16.4. The number of nitrogen functional groups attached to an aromatic ring is 1. The van der Waals surface area contributed by atoms with Gasteiger partial charge in [-0.15, -0.1) is 0 Å². The molecular weight excluding hydrogens is 352 g/mol. The fourth-order valence-electron chi connectivity index (χ4n) is 2.98.